The maximum atomic E-state index is 4.28. The lowest BCUT2D eigenvalue weighted by atomic mass is 10.2. The van der Waals surface area contributed by atoms with Crippen LogP contribution in [0.3, 0.4) is 0 Å². The predicted octanol–water partition coefficient (Wildman–Crippen LogP) is 4.12. The molecule has 0 fully saturated rings. The van der Waals surface area contributed by atoms with Crippen LogP contribution in [0, 0.1) is 0 Å². The number of nitrogens with zero attached hydrogens (tertiary/aromatic N) is 2. The summed E-state index contributed by atoms with van der Waals surface area (Å²) >= 11 is 6.77. The summed E-state index contributed by atoms with van der Waals surface area (Å²) in [6, 6.07) is 12.1. The number of rotatable bonds is 3. The van der Waals surface area contributed by atoms with Gasteiger partial charge in [0.2, 0.25) is 0 Å². The molecular weight excluding hydrogens is 332 g/mol. The zero-order chi connectivity index (χ0) is 11.4. The molecule has 0 N–H and O–H groups in total. The van der Waals surface area contributed by atoms with E-state index in [1.807, 2.05) is 28.9 Å². The van der Waals surface area contributed by atoms with Gasteiger partial charge in [0.05, 0.1) is 6.54 Å². The van der Waals surface area contributed by atoms with E-state index in [1.54, 1.807) is 0 Å². The normalized spacial score (nSPS) is 11.1. The molecule has 0 atom stereocenters. The van der Waals surface area contributed by atoms with E-state index in [-0.39, 0.29) is 0 Å². The minimum atomic E-state index is 0.751. The first-order valence-corrected chi connectivity index (χ1v) is 6.45. The molecule has 0 unspecified atom stereocenters. The molecule has 0 aliphatic heterocycles. The van der Waals surface area contributed by atoms with Gasteiger partial charge in [-0.25, -0.2) is 0 Å². The van der Waals surface area contributed by atoms with E-state index < -0.39 is 0 Å². The van der Waals surface area contributed by atoms with Crippen LogP contribution in [0.4, 0.5) is 0 Å². The summed E-state index contributed by atoms with van der Waals surface area (Å²) in [4.78, 5) is 0. The summed E-state index contributed by atoms with van der Waals surface area (Å²) in [5.41, 5.74) is 1.20. The molecule has 2 rings (SSSR count). The molecule has 0 saturated carbocycles. The molecule has 4 heteroatoms. The van der Waals surface area contributed by atoms with E-state index in [2.05, 4.69) is 61.2 Å². The molecule has 2 aromatic rings. The summed E-state index contributed by atoms with van der Waals surface area (Å²) in [6.45, 7) is 0.751. The summed E-state index contributed by atoms with van der Waals surface area (Å²) in [6.07, 6.45) is 4.17. The molecule has 16 heavy (non-hydrogen) atoms. The van der Waals surface area contributed by atoms with Gasteiger partial charge in [-0.05, 0) is 37.4 Å². The van der Waals surface area contributed by atoms with Crippen LogP contribution in [-0.2, 0) is 6.54 Å². The smallest absolute Gasteiger partial charge is 0.129 e. The summed E-state index contributed by atoms with van der Waals surface area (Å²) in [5.74, 6) is 0. The van der Waals surface area contributed by atoms with Crippen LogP contribution >= 0.6 is 31.9 Å². The Hall–Kier alpha value is -0.870. The number of hydrogen-bond acceptors (Lipinski definition) is 1. The van der Waals surface area contributed by atoms with Gasteiger partial charge >= 0.3 is 0 Å². The van der Waals surface area contributed by atoms with E-state index in [0.717, 1.165) is 15.8 Å². The molecule has 1 aromatic carbocycles. The van der Waals surface area contributed by atoms with Crippen LogP contribution in [0.2, 0.25) is 0 Å². The lowest BCUT2D eigenvalue weighted by Crippen LogP contribution is -1.97. The lowest BCUT2D eigenvalue weighted by molar-refractivity contribution is 0.682. The number of benzene rings is 1. The zero-order valence-electron chi connectivity index (χ0n) is 8.48. The predicted molar refractivity (Wildman–Crippen MR) is 73.1 cm³/mol. The van der Waals surface area contributed by atoms with Crippen molar-refractivity contribution in [3.05, 3.63) is 57.2 Å². The van der Waals surface area contributed by atoms with E-state index in [9.17, 15) is 0 Å². The van der Waals surface area contributed by atoms with Gasteiger partial charge in [-0.3, -0.25) is 4.68 Å². The molecule has 2 nitrogen and oxygen atoms in total. The topological polar surface area (TPSA) is 17.8 Å². The monoisotopic (exact) mass is 340 g/mol. The Bertz CT molecular complexity index is 489. The molecule has 0 saturated heterocycles. The maximum absolute atomic E-state index is 4.28. The molecular formula is C12H10Br2N2. The number of allylic oxidation sites excluding steroid dienone is 1. The van der Waals surface area contributed by atoms with E-state index in [4.69, 9.17) is 0 Å². The van der Waals surface area contributed by atoms with Crippen LogP contribution < -0.4 is 0 Å². The minimum absolute atomic E-state index is 0.751. The first-order valence-electron chi connectivity index (χ1n) is 4.86. The highest BCUT2D eigenvalue weighted by atomic mass is 79.9. The Labute approximate surface area is 111 Å². The molecule has 1 aromatic heterocycles. The van der Waals surface area contributed by atoms with Crippen molar-refractivity contribution in [2.24, 2.45) is 0 Å². The van der Waals surface area contributed by atoms with Crippen molar-refractivity contribution in [1.82, 2.24) is 9.78 Å². The van der Waals surface area contributed by atoms with E-state index in [0.29, 0.717) is 0 Å². The first-order chi connectivity index (χ1) is 7.75. The summed E-state index contributed by atoms with van der Waals surface area (Å²) in [5, 5.41) is 4.28. The Balaban J connectivity index is 2.02. The van der Waals surface area contributed by atoms with Gasteiger partial charge in [0, 0.05) is 6.07 Å². The van der Waals surface area contributed by atoms with Gasteiger partial charge in [-0.15, -0.1) is 0 Å². The Kier molecular flexibility index (Phi) is 3.96. The average molecular weight is 342 g/mol. The highest BCUT2D eigenvalue weighted by Crippen LogP contribution is 2.16. The Morgan fingerprint density at radius 1 is 1.19 bits per heavy atom. The van der Waals surface area contributed by atoms with Crippen LogP contribution in [-0.4, -0.2) is 9.78 Å². The highest BCUT2D eigenvalue weighted by molar-refractivity contribution is 9.11. The van der Waals surface area contributed by atoms with Crippen molar-refractivity contribution < 1.29 is 0 Å². The molecule has 0 aliphatic carbocycles. The van der Waals surface area contributed by atoms with Crippen molar-refractivity contribution in [2.45, 2.75) is 6.54 Å². The van der Waals surface area contributed by atoms with E-state index >= 15 is 0 Å². The third-order valence-corrected chi connectivity index (χ3v) is 3.12. The molecule has 1 heterocycles. The zero-order valence-corrected chi connectivity index (χ0v) is 11.6. The molecule has 82 valence electrons. The quantitative estimate of drug-likeness (QED) is 0.821. The van der Waals surface area contributed by atoms with Crippen molar-refractivity contribution >= 4 is 37.9 Å². The van der Waals surface area contributed by atoms with Crippen molar-refractivity contribution in [1.29, 1.82) is 0 Å². The second-order valence-corrected chi connectivity index (χ2v) is 4.91. The fourth-order valence-electron chi connectivity index (χ4n) is 1.35. The first kappa shape index (κ1) is 11.6. The maximum Gasteiger partial charge on any atom is 0.129 e. The van der Waals surface area contributed by atoms with Gasteiger partial charge in [0.15, 0.2) is 0 Å². The van der Waals surface area contributed by atoms with Gasteiger partial charge in [0.1, 0.15) is 9.21 Å². The largest absolute Gasteiger partial charge is 0.254 e. The van der Waals surface area contributed by atoms with Gasteiger partial charge in [-0.1, -0.05) is 42.5 Å². The minimum Gasteiger partial charge on any atom is -0.254 e. The van der Waals surface area contributed by atoms with E-state index in [1.165, 1.54) is 5.56 Å². The van der Waals surface area contributed by atoms with Crippen molar-refractivity contribution in [3.63, 3.8) is 0 Å². The Morgan fingerprint density at radius 2 is 1.94 bits per heavy atom. The van der Waals surface area contributed by atoms with Gasteiger partial charge in [-0.2, -0.15) is 5.10 Å². The van der Waals surface area contributed by atoms with Crippen LogP contribution in [0.25, 0.3) is 6.08 Å². The van der Waals surface area contributed by atoms with Crippen LogP contribution in [0.1, 0.15) is 5.56 Å². The van der Waals surface area contributed by atoms with Gasteiger partial charge in [0.25, 0.3) is 0 Å². The molecule has 0 aliphatic rings. The van der Waals surface area contributed by atoms with Gasteiger partial charge < -0.3 is 0 Å². The number of halogens is 2. The third kappa shape index (κ3) is 3.06. The van der Waals surface area contributed by atoms with Crippen molar-refractivity contribution in [3.8, 4) is 0 Å². The third-order valence-electron chi connectivity index (χ3n) is 2.09. The Morgan fingerprint density at radius 3 is 2.56 bits per heavy atom. The summed E-state index contributed by atoms with van der Waals surface area (Å²) < 4.78 is 3.69. The summed E-state index contributed by atoms with van der Waals surface area (Å²) in [7, 11) is 0. The fraction of sp³-hybridized carbons (Fsp3) is 0.0833. The SMILES string of the molecule is Brc1cc(Br)n(C/C=C/c2ccccc2)n1. The molecule has 0 amide bonds. The van der Waals surface area contributed by atoms with Crippen molar-refractivity contribution in [2.75, 3.05) is 0 Å². The second-order valence-electron chi connectivity index (χ2n) is 3.28. The lowest BCUT2D eigenvalue weighted by Gasteiger charge is -1.97. The second kappa shape index (κ2) is 5.46. The number of aromatic nitrogens is 2. The molecule has 0 spiro atoms. The molecule has 0 radical (unpaired) electrons. The fourth-order valence-corrected chi connectivity index (χ4v) is 2.50. The highest BCUT2D eigenvalue weighted by Gasteiger charge is 2.00. The van der Waals surface area contributed by atoms with Crippen LogP contribution in [0.15, 0.2) is 51.7 Å². The standard InChI is InChI=1S/C12H10Br2N2/c13-11-9-12(14)16(15-11)8-4-7-10-5-2-1-3-6-10/h1-7,9H,8H2/b7-4+. The number of hydrogen-bond donors (Lipinski definition) is 0. The van der Waals surface area contributed by atoms with Crippen LogP contribution in [0.5, 0.6) is 0 Å². The molecule has 0 bridgehead atoms. The average Bonchev–Trinajstić information content (AvgIpc) is 2.59.